The molecule has 0 heterocycles. The minimum atomic E-state index is -2.99. The molecule has 0 aliphatic carbocycles. The van der Waals surface area contributed by atoms with E-state index >= 15 is 0 Å². The average Bonchev–Trinajstić information content (AvgIpc) is 3.26. The molecule has 0 aliphatic rings. The Morgan fingerprint density at radius 1 is 0.286 bits per heavy atom. The van der Waals surface area contributed by atoms with Gasteiger partial charge in [0.15, 0.2) is 11.5 Å². The number of hydrogen-bond donors (Lipinski definition) is 0. The molecule has 56 heavy (non-hydrogen) atoms. The van der Waals surface area contributed by atoms with Crippen molar-refractivity contribution in [3.63, 3.8) is 0 Å². The van der Waals surface area contributed by atoms with E-state index in [-0.39, 0.29) is 26.4 Å². The Labute approximate surface area is 329 Å². The number of benzene rings is 7. The lowest BCUT2D eigenvalue weighted by Crippen LogP contribution is -2.18. The smallest absolute Gasteiger partial charge is 0.161 e. The van der Waals surface area contributed by atoms with E-state index in [4.69, 9.17) is 18.9 Å². The van der Waals surface area contributed by atoms with Crippen LogP contribution < -0.4 is 40.2 Å². The SMILES string of the molecule is O=P(Cc1ccccc1OCCOc1ccccc1OCCOc1ccccc1CP(=O)(c1ccccc1)c1ccccc1)(c1ccccc1)c1ccccc1. The van der Waals surface area contributed by atoms with Crippen molar-refractivity contribution in [3.05, 3.63) is 205 Å². The Kier molecular flexibility index (Phi) is 12.8. The molecule has 0 spiro atoms. The summed E-state index contributed by atoms with van der Waals surface area (Å²) in [5, 5.41) is 3.25. The van der Waals surface area contributed by atoms with Crippen LogP contribution in [0.1, 0.15) is 11.1 Å². The molecule has 0 aromatic heterocycles. The van der Waals surface area contributed by atoms with Gasteiger partial charge >= 0.3 is 0 Å². The predicted molar refractivity (Wildman–Crippen MR) is 228 cm³/mol. The van der Waals surface area contributed by atoms with Crippen molar-refractivity contribution < 1.29 is 28.1 Å². The van der Waals surface area contributed by atoms with Crippen molar-refractivity contribution in [1.29, 1.82) is 0 Å². The summed E-state index contributed by atoms with van der Waals surface area (Å²) in [6.45, 7) is 1.11. The van der Waals surface area contributed by atoms with Gasteiger partial charge in [0, 0.05) is 44.7 Å². The van der Waals surface area contributed by atoms with E-state index < -0.39 is 14.3 Å². The van der Waals surface area contributed by atoms with E-state index in [0.717, 1.165) is 32.3 Å². The monoisotopic (exact) mass is 778 g/mol. The molecule has 7 aromatic rings. The van der Waals surface area contributed by atoms with Gasteiger partial charge in [0.25, 0.3) is 0 Å². The largest absolute Gasteiger partial charge is 0.490 e. The first-order valence-electron chi connectivity index (χ1n) is 18.7. The molecule has 0 bridgehead atoms. The van der Waals surface area contributed by atoms with E-state index in [0.29, 0.717) is 35.3 Å². The summed E-state index contributed by atoms with van der Waals surface area (Å²) in [4.78, 5) is 0. The van der Waals surface area contributed by atoms with Gasteiger partial charge in [-0.15, -0.1) is 0 Å². The van der Waals surface area contributed by atoms with Crippen LogP contribution in [-0.4, -0.2) is 26.4 Å². The lowest BCUT2D eigenvalue weighted by Gasteiger charge is -2.21. The van der Waals surface area contributed by atoms with Crippen molar-refractivity contribution in [3.8, 4) is 23.0 Å². The summed E-state index contributed by atoms with van der Waals surface area (Å²) >= 11 is 0. The van der Waals surface area contributed by atoms with Gasteiger partial charge in [-0.1, -0.05) is 170 Å². The third-order valence-corrected chi connectivity index (χ3v) is 15.6. The van der Waals surface area contributed by atoms with Crippen LogP contribution in [0.2, 0.25) is 0 Å². The normalized spacial score (nSPS) is 11.4. The van der Waals surface area contributed by atoms with Gasteiger partial charge in [-0.05, 0) is 24.3 Å². The summed E-state index contributed by atoms with van der Waals surface area (Å²) in [7, 11) is -5.98. The van der Waals surface area contributed by atoms with Crippen molar-refractivity contribution in [2.45, 2.75) is 12.3 Å². The van der Waals surface area contributed by atoms with E-state index in [9.17, 15) is 9.13 Å². The third-order valence-electron chi connectivity index (χ3n) is 9.47. The number of rotatable bonds is 18. The maximum Gasteiger partial charge on any atom is 0.161 e. The zero-order valence-corrected chi connectivity index (χ0v) is 32.9. The van der Waals surface area contributed by atoms with Gasteiger partial charge in [-0.25, -0.2) is 0 Å². The molecule has 0 saturated carbocycles. The molecule has 0 radical (unpaired) electrons. The Morgan fingerprint density at radius 2 is 0.518 bits per heavy atom. The lowest BCUT2D eigenvalue weighted by molar-refractivity contribution is 0.191. The molecular weight excluding hydrogens is 734 g/mol. The zero-order chi connectivity index (χ0) is 38.5. The first kappa shape index (κ1) is 38.5. The number of hydrogen-bond acceptors (Lipinski definition) is 6. The minimum absolute atomic E-state index is 0.274. The molecule has 0 aliphatic heterocycles. The van der Waals surface area contributed by atoms with E-state index in [2.05, 4.69) is 0 Å². The molecule has 6 nitrogen and oxygen atoms in total. The predicted octanol–water partition coefficient (Wildman–Crippen LogP) is 9.63. The highest BCUT2D eigenvalue weighted by molar-refractivity contribution is 7.78. The van der Waals surface area contributed by atoms with Crippen LogP contribution in [0.25, 0.3) is 0 Å². The maximum absolute atomic E-state index is 14.7. The molecule has 0 saturated heterocycles. The highest BCUT2D eigenvalue weighted by Gasteiger charge is 2.30. The van der Waals surface area contributed by atoms with Crippen molar-refractivity contribution in [2.75, 3.05) is 26.4 Å². The van der Waals surface area contributed by atoms with Crippen LogP contribution >= 0.6 is 14.3 Å². The van der Waals surface area contributed by atoms with E-state index in [1.807, 2.05) is 194 Å². The number of ether oxygens (including phenoxy) is 4. The van der Waals surface area contributed by atoms with E-state index in [1.54, 1.807) is 0 Å². The van der Waals surface area contributed by atoms with Crippen molar-refractivity contribution in [1.82, 2.24) is 0 Å². The van der Waals surface area contributed by atoms with Crippen LogP contribution in [0.15, 0.2) is 194 Å². The average molecular weight is 779 g/mol. The van der Waals surface area contributed by atoms with Crippen LogP contribution in [0.4, 0.5) is 0 Å². The summed E-state index contributed by atoms with van der Waals surface area (Å²) < 4.78 is 54.2. The summed E-state index contributed by atoms with van der Waals surface area (Å²) in [5.74, 6) is 2.53. The Morgan fingerprint density at radius 3 is 0.821 bits per heavy atom. The number of para-hydroxylation sites is 4. The van der Waals surface area contributed by atoms with Crippen molar-refractivity contribution in [2.24, 2.45) is 0 Å². The fourth-order valence-electron chi connectivity index (χ4n) is 6.66. The molecule has 0 unspecified atom stereocenters. The van der Waals surface area contributed by atoms with Gasteiger partial charge in [-0.2, -0.15) is 0 Å². The second-order valence-electron chi connectivity index (χ2n) is 13.2. The highest BCUT2D eigenvalue weighted by Crippen LogP contribution is 2.49. The van der Waals surface area contributed by atoms with Crippen molar-refractivity contribution >= 4 is 35.5 Å². The molecule has 0 N–H and O–H groups in total. The highest BCUT2D eigenvalue weighted by atomic mass is 31.2. The molecular formula is C48H44O6P2. The molecule has 0 amide bonds. The van der Waals surface area contributed by atoms with Gasteiger partial charge in [0.2, 0.25) is 0 Å². The molecule has 0 atom stereocenters. The molecule has 0 fully saturated rings. The quantitative estimate of drug-likeness (QED) is 0.0639. The van der Waals surface area contributed by atoms with Crippen LogP contribution in [0.5, 0.6) is 23.0 Å². The second-order valence-corrected chi connectivity index (χ2v) is 18.9. The zero-order valence-electron chi connectivity index (χ0n) is 31.1. The van der Waals surface area contributed by atoms with Crippen LogP contribution in [-0.2, 0) is 21.5 Å². The minimum Gasteiger partial charge on any atom is -0.490 e. The molecule has 8 heteroatoms. The fraction of sp³-hybridized carbons (Fsp3) is 0.125. The first-order valence-corrected chi connectivity index (χ1v) is 22.5. The lowest BCUT2D eigenvalue weighted by atomic mass is 10.2. The third kappa shape index (κ3) is 9.34. The maximum atomic E-state index is 14.7. The topological polar surface area (TPSA) is 71.1 Å². The van der Waals surface area contributed by atoms with Gasteiger partial charge in [0.1, 0.15) is 52.2 Å². The van der Waals surface area contributed by atoms with E-state index in [1.165, 1.54) is 0 Å². The standard InChI is InChI=1S/C48H44O6P2/c49-55(41-21-5-1-6-22-41,42-23-7-2-8-24-42)37-39-19-13-15-29-45(39)51-33-35-53-47-31-17-18-32-48(47)54-36-34-52-46-30-16-14-20-40(46)38-56(50,43-25-9-3-10-26-43)44-27-11-4-12-28-44/h1-32H,33-38H2. The molecule has 7 rings (SSSR count). The molecule has 282 valence electrons. The second kappa shape index (κ2) is 18.7. The van der Waals surface area contributed by atoms with Gasteiger partial charge in [-0.3, -0.25) is 0 Å². The fourth-order valence-corrected chi connectivity index (χ4v) is 12.1. The van der Waals surface area contributed by atoms with Crippen LogP contribution in [0, 0.1) is 0 Å². The van der Waals surface area contributed by atoms with Gasteiger partial charge < -0.3 is 28.1 Å². The Hall–Kier alpha value is -5.80. The summed E-state index contributed by atoms with van der Waals surface area (Å²) in [5.41, 5.74) is 1.74. The van der Waals surface area contributed by atoms with Crippen LogP contribution in [0.3, 0.4) is 0 Å². The summed E-state index contributed by atoms with van der Waals surface area (Å²) in [6.07, 6.45) is 0.668. The molecule has 7 aromatic carbocycles. The summed E-state index contributed by atoms with van der Waals surface area (Å²) in [6, 6.07) is 61.7. The van der Waals surface area contributed by atoms with Gasteiger partial charge in [0.05, 0.1) is 0 Å². The Bertz CT molecular complexity index is 2130. The first-order chi connectivity index (χ1) is 27.5. The Balaban J connectivity index is 0.953.